The van der Waals surface area contributed by atoms with Crippen molar-refractivity contribution in [3.8, 4) is 0 Å². The van der Waals surface area contributed by atoms with Crippen LogP contribution in [0.3, 0.4) is 0 Å². The highest BCUT2D eigenvalue weighted by Crippen LogP contribution is 2.26. The van der Waals surface area contributed by atoms with Crippen LogP contribution in [0.2, 0.25) is 0 Å². The molecule has 0 spiro atoms. The van der Waals surface area contributed by atoms with Crippen LogP contribution in [0.5, 0.6) is 0 Å². The first-order valence-corrected chi connectivity index (χ1v) is 12.1. The number of pyridine rings is 1. The SMILES string of the molecule is CCc1ccc2ccccc2n1.Cc1cccc(CCCc2cccc(C)c2C(C)(C)N)c1. The predicted octanol–water partition coefficient (Wildman–Crippen LogP) is 7.47. The Morgan fingerprint density at radius 3 is 2.30 bits per heavy atom. The number of nitrogens with two attached hydrogens (primary N) is 1. The summed E-state index contributed by atoms with van der Waals surface area (Å²) in [4.78, 5) is 4.49. The molecular weight excluding hydrogens is 400 g/mol. The van der Waals surface area contributed by atoms with Gasteiger partial charge in [-0.1, -0.05) is 79.2 Å². The lowest BCUT2D eigenvalue weighted by atomic mass is 9.85. The summed E-state index contributed by atoms with van der Waals surface area (Å²) >= 11 is 0. The fourth-order valence-corrected chi connectivity index (χ4v) is 4.51. The highest BCUT2D eigenvalue weighted by molar-refractivity contribution is 5.78. The minimum absolute atomic E-state index is 0.274. The van der Waals surface area contributed by atoms with Crippen molar-refractivity contribution in [2.45, 2.75) is 65.8 Å². The van der Waals surface area contributed by atoms with Gasteiger partial charge < -0.3 is 5.73 Å². The molecule has 0 saturated heterocycles. The maximum Gasteiger partial charge on any atom is 0.0705 e. The first-order valence-electron chi connectivity index (χ1n) is 12.1. The lowest BCUT2D eigenvalue weighted by Gasteiger charge is -2.25. The number of para-hydroxylation sites is 1. The Kier molecular flexibility index (Phi) is 8.41. The highest BCUT2D eigenvalue weighted by Gasteiger charge is 2.20. The molecule has 0 amide bonds. The van der Waals surface area contributed by atoms with Gasteiger partial charge in [-0.2, -0.15) is 0 Å². The molecule has 1 heterocycles. The molecule has 0 aliphatic rings. The Labute approximate surface area is 199 Å². The molecule has 172 valence electrons. The number of nitrogens with zero attached hydrogens (tertiary/aromatic N) is 1. The Balaban J connectivity index is 0.000000215. The number of hydrogen-bond donors (Lipinski definition) is 1. The molecule has 2 nitrogen and oxygen atoms in total. The third-order valence-corrected chi connectivity index (χ3v) is 6.02. The molecule has 33 heavy (non-hydrogen) atoms. The van der Waals surface area contributed by atoms with E-state index in [0.717, 1.165) is 36.9 Å². The highest BCUT2D eigenvalue weighted by atomic mass is 14.7. The zero-order valence-corrected chi connectivity index (χ0v) is 20.9. The summed E-state index contributed by atoms with van der Waals surface area (Å²) in [5.74, 6) is 0. The van der Waals surface area contributed by atoms with Crippen LogP contribution in [0, 0.1) is 13.8 Å². The van der Waals surface area contributed by atoms with Crippen LogP contribution in [-0.4, -0.2) is 4.98 Å². The third kappa shape index (κ3) is 7.00. The largest absolute Gasteiger partial charge is 0.322 e. The molecule has 0 saturated carbocycles. The molecule has 0 aliphatic heterocycles. The van der Waals surface area contributed by atoms with E-state index in [4.69, 9.17) is 5.73 Å². The lowest BCUT2D eigenvalue weighted by Crippen LogP contribution is -2.31. The summed E-state index contributed by atoms with van der Waals surface area (Å²) in [5.41, 5.74) is 15.1. The van der Waals surface area contributed by atoms with Gasteiger partial charge in [0.2, 0.25) is 0 Å². The first-order chi connectivity index (χ1) is 15.8. The zero-order chi connectivity index (χ0) is 23.8. The van der Waals surface area contributed by atoms with Crippen molar-refractivity contribution in [3.63, 3.8) is 0 Å². The van der Waals surface area contributed by atoms with Gasteiger partial charge in [0.05, 0.1) is 5.52 Å². The minimum atomic E-state index is -0.274. The van der Waals surface area contributed by atoms with E-state index >= 15 is 0 Å². The van der Waals surface area contributed by atoms with E-state index in [1.54, 1.807) is 0 Å². The molecule has 0 aliphatic carbocycles. The molecule has 3 aromatic carbocycles. The van der Waals surface area contributed by atoms with E-state index in [1.807, 2.05) is 12.1 Å². The molecule has 4 aromatic rings. The number of hydrogen-bond acceptors (Lipinski definition) is 2. The van der Waals surface area contributed by atoms with Crippen molar-refractivity contribution in [2.24, 2.45) is 5.73 Å². The second kappa shape index (κ2) is 11.2. The fraction of sp³-hybridized carbons (Fsp3) is 0.323. The maximum absolute atomic E-state index is 6.36. The van der Waals surface area contributed by atoms with Gasteiger partial charge in [-0.25, -0.2) is 0 Å². The molecule has 0 radical (unpaired) electrons. The van der Waals surface area contributed by atoms with Gasteiger partial charge in [0.25, 0.3) is 0 Å². The smallest absolute Gasteiger partial charge is 0.0705 e. The maximum atomic E-state index is 6.36. The predicted molar refractivity (Wildman–Crippen MR) is 143 cm³/mol. The summed E-state index contributed by atoms with van der Waals surface area (Å²) < 4.78 is 0. The molecule has 0 atom stereocenters. The van der Waals surface area contributed by atoms with Crippen LogP contribution in [-0.2, 0) is 24.8 Å². The molecule has 0 unspecified atom stereocenters. The number of aromatic nitrogens is 1. The second-order valence-corrected chi connectivity index (χ2v) is 9.52. The standard InChI is InChI=1S/C20H27N.C11H11N/c1-15-8-5-10-17(14-15)11-7-13-18-12-6-9-16(2)19(18)20(3,4)21;1-2-10-8-7-9-5-3-4-6-11(9)12-10/h5-6,8-10,12,14H,7,11,13,21H2,1-4H3;3-8H,2H2,1H3. The van der Waals surface area contributed by atoms with E-state index < -0.39 is 0 Å². The molecule has 4 rings (SSSR count). The Bertz CT molecular complexity index is 1180. The first kappa shape index (κ1) is 24.7. The third-order valence-electron chi connectivity index (χ3n) is 6.02. The molecule has 1 aromatic heterocycles. The molecule has 0 bridgehead atoms. The van der Waals surface area contributed by atoms with Gasteiger partial charge in [-0.15, -0.1) is 0 Å². The second-order valence-electron chi connectivity index (χ2n) is 9.52. The van der Waals surface area contributed by atoms with Gasteiger partial charge >= 0.3 is 0 Å². The number of rotatable bonds is 6. The lowest BCUT2D eigenvalue weighted by molar-refractivity contribution is 0.542. The van der Waals surface area contributed by atoms with Crippen molar-refractivity contribution in [1.29, 1.82) is 0 Å². The van der Waals surface area contributed by atoms with Gasteiger partial charge in [-0.3, -0.25) is 4.98 Å². The monoisotopic (exact) mass is 438 g/mol. The van der Waals surface area contributed by atoms with Crippen molar-refractivity contribution in [1.82, 2.24) is 4.98 Å². The Morgan fingerprint density at radius 1 is 0.818 bits per heavy atom. The van der Waals surface area contributed by atoms with Crippen LogP contribution in [0.15, 0.2) is 78.9 Å². The van der Waals surface area contributed by atoms with Gasteiger partial charge in [0.15, 0.2) is 0 Å². The topological polar surface area (TPSA) is 38.9 Å². The van der Waals surface area contributed by atoms with Crippen LogP contribution in [0.25, 0.3) is 10.9 Å². The van der Waals surface area contributed by atoms with Gasteiger partial charge in [0, 0.05) is 16.6 Å². The quantitative estimate of drug-likeness (QED) is 0.339. The van der Waals surface area contributed by atoms with Crippen molar-refractivity contribution < 1.29 is 0 Å². The number of fused-ring (bicyclic) bond motifs is 1. The Morgan fingerprint density at radius 2 is 1.58 bits per heavy atom. The van der Waals surface area contributed by atoms with Crippen LogP contribution >= 0.6 is 0 Å². The van der Waals surface area contributed by atoms with Crippen molar-refractivity contribution in [2.75, 3.05) is 0 Å². The molecule has 2 N–H and O–H groups in total. The van der Waals surface area contributed by atoms with E-state index in [-0.39, 0.29) is 5.54 Å². The van der Waals surface area contributed by atoms with Crippen molar-refractivity contribution in [3.05, 3.63) is 112 Å². The summed E-state index contributed by atoms with van der Waals surface area (Å²) in [6.45, 7) is 10.6. The average Bonchev–Trinajstić information content (AvgIpc) is 2.78. The Hall–Kier alpha value is -2.97. The van der Waals surface area contributed by atoms with E-state index in [0.29, 0.717) is 0 Å². The van der Waals surface area contributed by atoms with Crippen LogP contribution < -0.4 is 5.73 Å². The molecule has 2 heteroatoms. The summed E-state index contributed by atoms with van der Waals surface area (Å²) in [6, 6.07) is 27.7. The molecule has 0 fully saturated rings. The van der Waals surface area contributed by atoms with Crippen molar-refractivity contribution >= 4 is 10.9 Å². The summed E-state index contributed by atoms with van der Waals surface area (Å²) in [5, 5.41) is 1.22. The van der Waals surface area contributed by atoms with E-state index in [1.165, 1.54) is 33.2 Å². The van der Waals surface area contributed by atoms with Gasteiger partial charge in [0.1, 0.15) is 0 Å². The zero-order valence-electron chi connectivity index (χ0n) is 20.9. The summed E-state index contributed by atoms with van der Waals surface area (Å²) in [6.07, 6.45) is 4.38. The molecular formula is C31H38N2. The van der Waals surface area contributed by atoms with Gasteiger partial charge in [-0.05, 0) is 87.8 Å². The van der Waals surface area contributed by atoms with Crippen LogP contribution in [0.1, 0.15) is 60.7 Å². The summed E-state index contributed by atoms with van der Waals surface area (Å²) in [7, 11) is 0. The number of aryl methyl sites for hydroxylation is 5. The minimum Gasteiger partial charge on any atom is -0.322 e. The van der Waals surface area contributed by atoms with E-state index in [2.05, 4.69) is 106 Å². The van der Waals surface area contributed by atoms with Crippen LogP contribution in [0.4, 0.5) is 0 Å². The fourth-order valence-electron chi connectivity index (χ4n) is 4.51. The normalized spacial score (nSPS) is 11.2. The van der Waals surface area contributed by atoms with E-state index in [9.17, 15) is 0 Å². The number of benzene rings is 3. The average molecular weight is 439 g/mol.